The number of rotatable bonds is 5. The molecule has 0 spiro atoms. The topological polar surface area (TPSA) is 68.7 Å². The number of alkyl halides is 4. The lowest BCUT2D eigenvalue weighted by Crippen LogP contribution is -2.20. The number of aliphatic carboxylic acids is 1. The molecule has 1 rings (SSSR count). The molecule has 0 aliphatic carbocycles. The highest BCUT2D eigenvalue weighted by Crippen LogP contribution is 2.33. The number of carbonyl (C=O) groups is 1. The first-order valence-corrected chi connectivity index (χ1v) is 5.40. The van der Waals surface area contributed by atoms with Crippen LogP contribution in [0.25, 0.3) is 0 Å². The predicted octanol–water partition coefficient (Wildman–Crippen LogP) is 2.35. The Balaban J connectivity index is 3.27. The SMILES string of the molecule is COc1cc(CC(=O)O)nc(OC(F)(F)F)c1CCl. The van der Waals surface area contributed by atoms with E-state index in [9.17, 15) is 18.0 Å². The van der Waals surface area contributed by atoms with Gasteiger partial charge in [0, 0.05) is 6.07 Å². The third kappa shape index (κ3) is 4.47. The smallest absolute Gasteiger partial charge is 0.496 e. The first-order chi connectivity index (χ1) is 8.76. The number of carboxylic acid groups (broad SMARTS) is 1. The molecule has 5 nitrogen and oxygen atoms in total. The zero-order valence-electron chi connectivity index (χ0n) is 9.62. The lowest BCUT2D eigenvalue weighted by molar-refractivity contribution is -0.276. The summed E-state index contributed by atoms with van der Waals surface area (Å²) in [6.45, 7) is 0. The molecule has 1 heterocycles. The second kappa shape index (κ2) is 5.96. The zero-order valence-corrected chi connectivity index (χ0v) is 10.4. The molecule has 0 bridgehead atoms. The van der Waals surface area contributed by atoms with Crippen LogP contribution in [0.1, 0.15) is 11.3 Å². The summed E-state index contributed by atoms with van der Waals surface area (Å²) in [5.74, 6) is -2.39. The molecule has 9 heteroatoms. The molecule has 0 atom stereocenters. The maximum absolute atomic E-state index is 12.2. The van der Waals surface area contributed by atoms with Crippen molar-refractivity contribution in [3.05, 3.63) is 17.3 Å². The molecule has 0 saturated heterocycles. The minimum Gasteiger partial charge on any atom is -0.496 e. The van der Waals surface area contributed by atoms with Crippen LogP contribution < -0.4 is 9.47 Å². The van der Waals surface area contributed by atoms with Crippen LogP contribution in [-0.4, -0.2) is 29.5 Å². The highest BCUT2D eigenvalue weighted by atomic mass is 35.5. The van der Waals surface area contributed by atoms with Gasteiger partial charge in [0.1, 0.15) is 5.75 Å². The molecule has 19 heavy (non-hydrogen) atoms. The van der Waals surface area contributed by atoms with Crippen molar-refractivity contribution >= 4 is 17.6 Å². The van der Waals surface area contributed by atoms with Crippen LogP contribution in [0, 0.1) is 0 Å². The Morgan fingerprint density at radius 1 is 1.53 bits per heavy atom. The molecule has 1 aromatic rings. The summed E-state index contributed by atoms with van der Waals surface area (Å²) < 4.78 is 45.2. The van der Waals surface area contributed by atoms with Crippen LogP contribution in [0.4, 0.5) is 13.2 Å². The molecule has 0 saturated carbocycles. The molecule has 0 unspecified atom stereocenters. The fourth-order valence-electron chi connectivity index (χ4n) is 1.32. The number of nitrogens with zero attached hydrogens (tertiary/aromatic N) is 1. The van der Waals surface area contributed by atoms with Crippen LogP contribution in [0.2, 0.25) is 0 Å². The number of methoxy groups -OCH3 is 1. The summed E-state index contributed by atoms with van der Waals surface area (Å²) in [6, 6.07) is 1.20. The van der Waals surface area contributed by atoms with Gasteiger partial charge in [-0.25, -0.2) is 4.98 Å². The third-order valence-electron chi connectivity index (χ3n) is 2.00. The Bertz CT molecular complexity index is 479. The molecule has 0 aliphatic rings. The molecule has 106 valence electrons. The van der Waals surface area contributed by atoms with Gasteiger partial charge in [0.15, 0.2) is 0 Å². The summed E-state index contributed by atoms with van der Waals surface area (Å²) in [4.78, 5) is 14.0. The summed E-state index contributed by atoms with van der Waals surface area (Å²) >= 11 is 5.52. The number of carboxylic acids is 1. The highest BCUT2D eigenvalue weighted by molar-refractivity contribution is 6.17. The van der Waals surface area contributed by atoms with E-state index in [4.69, 9.17) is 21.4 Å². The van der Waals surface area contributed by atoms with E-state index in [-0.39, 0.29) is 22.9 Å². The van der Waals surface area contributed by atoms with Crippen molar-refractivity contribution in [2.45, 2.75) is 18.7 Å². The van der Waals surface area contributed by atoms with Crippen LogP contribution in [0.5, 0.6) is 11.6 Å². The van der Waals surface area contributed by atoms with Gasteiger partial charge >= 0.3 is 12.3 Å². The Kier molecular flexibility index (Phi) is 4.82. The average Bonchev–Trinajstić information content (AvgIpc) is 2.25. The van der Waals surface area contributed by atoms with Crippen LogP contribution in [0.3, 0.4) is 0 Å². The monoisotopic (exact) mass is 299 g/mol. The lowest BCUT2D eigenvalue weighted by Gasteiger charge is -2.15. The standard InChI is InChI=1S/C10H9ClF3NO4/c1-18-7-2-5(3-8(16)17)15-9(6(7)4-11)19-10(12,13)14/h2H,3-4H2,1H3,(H,16,17). The normalized spacial score (nSPS) is 11.2. The summed E-state index contributed by atoms with van der Waals surface area (Å²) in [5, 5.41) is 8.61. The predicted molar refractivity (Wildman–Crippen MR) is 58.4 cm³/mol. The molecular formula is C10H9ClF3NO4. The molecule has 1 aromatic heterocycles. The largest absolute Gasteiger partial charge is 0.574 e. The van der Waals surface area contributed by atoms with Gasteiger partial charge in [0.05, 0.1) is 30.7 Å². The zero-order chi connectivity index (χ0) is 14.6. The number of pyridine rings is 1. The lowest BCUT2D eigenvalue weighted by atomic mass is 10.2. The fraction of sp³-hybridized carbons (Fsp3) is 0.400. The Labute approximate surface area is 110 Å². The van der Waals surface area contributed by atoms with Crippen molar-refractivity contribution < 1.29 is 32.5 Å². The van der Waals surface area contributed by atoms with E-state index in [1.54, 1.807) is 0 Å². The number of hydrogen-bond donors (Lipinski definition) is 1. The van der Waals surface area contributed by atoms with E-state index in [2.05, 4.69) is 9.72 Å². The van der Waals surface area contributed by atoms with Gasteiger partial charge in [-0.1, -0.05) is 0 Å². The fourth-order valence-corrected chi connectivity index (χ4v) is 1.56. The van der Waals surface area contributed by atoms with Gasteiger partial charge < -0.3 is 14.6 Å². The Morgan fingerprint density at radius 2 is 2.16 bits per heavy atom. The molecule has 0 aliphatic heterocycles. The molecule has 0 aromatic carbocycles. The van der Waals surface area contributed by atoms with Gasteiger partial charge in [-0.05, 0) is 0 Å². The van der Waals surface area contributed by atoms with Crippen molar-refractivity contribution in [2.24, 2.45) is 0 Å². The maximum atomic E-state index is 12.2. The van der Waals surface area contributed by atoms with Crippen LogP contribution in [0.15, 0.2) is 6.07 Å². The highest BCUT2D eigenvalue weighted by Gasteiger charge is 2.34. The van der Waals surface area contributed by atoms with Crippen LogP contribution in [-0.2, 0) is 17.1 Å². The Hall–Kier alpha value is -1.70. The van der Waals surface area contributed by atoms with E-state index in [0.29, 0.717) is 0 Å². The number of aromatic nitrogens is 1. The maximum Gasteiger partial charge on any atom is 0.574 e. The second-order valence-corrected chi connectivity index (χ2v) is 3.62. The molecular weight excluding hydrogens is 291 g/mol. The van der Waals surface area contributed by atoms with Crippen molar-refractivity contribution in [1.82, 2.24) is 4.98 Å². The van der Waals surface area contributed by atoms with Gasteiger partial charge in [-0.3, -0.25) is 4.79 Å². The number of halogens is 4. The van der Waals surface area contributed by atoms with Crippen molar-refractivity contribution in [1.29, 1.82) is 0 Å². The van der Waals surface area contributed by atoms with Crippen molar-refractivity contribution in [3.8, 4) is 11.6 Å². The van der Waals surface area contributed by atoms with Crippen LogP contribution >= 0.6 is 11.6 Å². The van der Waals surface area contributed by atoms with E-state index in [1.807, 2.05) is 0 Å². The summed E-state index contributed by atoms with van der Waals surface area (Å²) in [5.41, 5.74) is -0.229. The third-order valence-corrected chi connectivity index (χ3v) is 2.26. The van der Waals surface area contributed by atoms with Gasteiger partial charge in [-0.2, -0.15) is 0 Å². The van der Waals surface area contributed by atoms with Crippen molar-refractivity contribution in [3.63, 3.8) is 0 Å². The van der Waals surface area contributed by atoms with E-state index < -0.39 is 24.6 Å². The number of hydrogen-bond acceptors (Lipinski definition) is 4. The van der Waals surface area contributed by atoms with E-state index in [1.165, 1.54) is 13.2 Å². The van der Waals surface area contributed by atoms with Gasteiger partial charge in [0.25, 0.3) is 0 Å². The first-order valence-electron chi connectivity index (χ1n) is 4.87. The van der Waals surface area contributed by atoms with Crippen molar-refractivity contribution in [2.75, 3.05) is 7.11 Å². The van der Waals surface area contributed by atoms with E-state index in [0.717, 1.165) is 0 Å². The van der Waals surface area contributed by atoms with E-state index >= 15 is 0 Å². The second-order valence-electron chi connectivity index (χ2n) is 3.35. The minimum atomic E-state index is -4.96. The quantitative estimate of drug-likeness (QED) is 0.845. The minimum absolute atomic E-state index is 0.0134. The Morgan fingerprint density at radius 3 is 2.58 bits per heavy atom. The molecule has 1 N–H and O–H groups in total. The molecule has 0 fully saturated rings. The average molecular weight is 300 g/mol. The number of ether oxygens (including phenoxy) is 2. The molecule has 0 radical (unpaired) electrons. The van der Waals surface area contributed by atoms with Gasteiger partial charge in [-0.15, -0.1) is 24.8 Å². The van der Waals surface area contributed by atoms with Gasteiger partial charge in [0.2, 0.25) is 5.88 Å². The summed E-state index contributed by atoms with van der Waals surface area (Å²) in [6.07, 6.45) is -5.52. The summed E-state index contributed by atoms with van der Waals surface area (Å²) in [7, 11) is 1.22. The molecule has 0 amide bonds. The first kappa shape index (κ1) is 15.4.